The van der Waals surface area contributed by atoms with E-state index in [1.807, 2.05) is 31.3 Å². The van der Waals surface area contributed by atoms with E-state index < -0.39 is 12.0 Å². The van der Waals surface area contributed by atoms with Gasteiger partial charge in [0.1, 0.15) is 6.04 Å². The molecule has 0 saturated carbocycles. The van der Waals surface area contributed by atoms with Gasteiger partial charge in [-0.15, -0.1) is 0 Å². The van der Waals surface area contributed by atoms with Crippen LogP contribution in [0.25, 0.3) is 10.9 Å². The fraction of sp³-hybridized carbons (Fsp3) is 0.375. The minimum Gasteiger partial charge on any atom is -0.480 e. The molecule has 2 aromatic rings. The number of aliphatic carboxylic acids is 1. The zero-order chi connectivity index (χ0) is 15.6. The van der Waals surface area contributed by atoms with E-state index in [0.717, 1.165) is 22.0 Å². The summed E-state index contributed by atoms with van der Waals surface area (Å²) < 4.78 is 0. The Balaban J connectivity index is 2.15. The summed E-state index contributed by atoms with van der Waals surface area (Å²) in [5.74, 6) is -1.44. The van der Waals surface area contributed by atoms with Crippen molar-refractivity contribution in [2.24, 2.45) is 5.92 Å². The zero-order valence-corrected chi connectivity index (χ0v) is 12.4. The molecule has 0 saturated heterocycles. The first kappa shape index (κ1) is 15.1. The molecule has 0 aliphatic carbocycles. The van der Waals surface area contributed by atoms with Crippen molar-refractivity contribution in [1.82, 2.24) is 10.3 Å². The number of carbonyl (C=O) groups is 2. The number of carboxylic acids is 1. The molecule has 1 aromatic heterocycles. The number of hydrogen-bond donors (Lipinski definition) is 3. The lowest BCUT2D eigenvalue weighted by atomic mass is 10.0. The van der Waals surface area contributed by atoms with E-state index in [0.29, 0.717) is 0 Å². The Kier molecular flexibility index (Phi) is 4.31. The molecule has 0 aliphatic heterocycles. The van der Waals surface area contributed by atoms with Crippen molar-refractivity contribution in [3.05, 3.63) is 35.5 Å². The monoisotopic (exact) mass is 288 g/mol. The number of rotatable bonds is 5. The summed E-state index contributed by atoms with van der Waals surface area (Å²) in [6.45, 7) is 5.55. The van der Waals surface area contributed by atoms with Crippen LogP contribution in [-0.2, 0) is 16.0 Å². The number of H-pyrrole nitrogens is 1. The predicted octanol–water partition coefficient (Wildman–Crippen LogP) is 2.24. The van der Waals surface area contributed by atoms with Gasteiger partial charge in [-0.3, -0.25) is 4.79 Å². The number of fused-ring (bicyclic) bond motifs is 1. The smallest absolute Gasteiger partial charge is 0.326 e. The van der Waals surface area contributed by atoms with Crippen LogP contribution in [0.2, 0.25) is 0 Å². The first-order chi connectivity index (χ1) is 9.90. The molecule has 21 heavy (non-hydrogen) atoms. The van der Waals surface area contributed by atoms with E-state index in [1.54, 1.807) is 13.8 Å². The second-order valence-corrected chi connectivity index (χ2v) is 5.62. The third kappa shape index (κ3) is 3.24. The van der Waals surface area contributed by atoms with Gasteiger partial charge in [-0.1, -0.05) is 32.0 Å². The highest BCUT2D eigenvalue weighted by Crippen LogP contribution is 2.21. The summed E-state index contributed by atoms with van der Waals surface area (Å²) in [4.78, 5) is 26.3. The van der Waals surface area contributed by atoms with Gasteiger partial charge in [-0.2, -0.15) is 0 Å². The fourth-order valence-corrected chi connectivity index (χ4v) is 2.42. The summed E-state index contributed by atoms with van der Waals surface area (Å²) in [5.41, 5.74) is 3.00. The number of carboxylic acid groups (broad SMARTS) is 1. The molecule has 3 N–H and O–H groups in total. The Morgan fingerprint density at radius 2 is 2.05 bits per heavy atom. The Bertz CT molecular complexity index is 673. The number of aromatic amines is 1. The Hall–Kier alpha value is -2.30. The van der Waals surface area contributed by atoms with Gasteiger partial charge in [-0.25, -0.2) is 4.79 Å². The number of carbonyl (C=O) groups excluding carboxylic acids is 1. The van der Waals surface area contributed by atoms with Crippen LogP contribution in [0.1, 0.15) is 25.0 Å². The van der Waals surface area contributed by atoms with Crippen LogP contribution >= 0.6 is 0 Å². The second kappa shape index (κ2) is 5.99. The van der Waals surface area contributed by atoms with Crippen LogP contribution in [0, 0.1) is 12.8 Å². The van der Waals surface area contributed by atoms with Crippen molar-refractivity contribution in [3.8, 4) is 0 Å². The summed E-state index contributed by atoms with van der Waals surface area (Å²) in [7, 11) is 0. The van der Waals surface area contributed by atoms with Crippen LogP contribution in [0.5, 0.6) is 0 Å². The van der Waals surface area contributed by atoms with Gasteiger partial charge in [0, 0.05) is 17.1 Å². The van der Waals surface area contributed by atoms with E-state index >= 15 is 0 Å². The van der Waals surface area contributed by atoms with Gasteiger partial charge in [0.2, 0.25) is 5.91 Å². The van der Waals surface area contributed by atoms with E-state index in [4.69, 9.17) is 5.11 Å². The van der Waals surface area contributed by atoms with Gasteiger partial charge < -0.3 is 15.4 Å². The standard InChI is InChI=1S/C16H20N2O3/c1-9(2)14(16(20)21)18-13(19)7-11-8-17-15-10(3)5-4-6-12(11)15/h4-6,8-9,14,17H,7H2,1-3H3,(H,18,19)(H,20,21). The van der Waals surface area contributed by atoms with Gasteiger partial charge in [0.05, 0.1) is 6.42 Å². The molecule has 1 atom stereocenters. The first-order valence-electron chi connectivity index (χ1n) is 6.98. The molecule has 1 amide bonds. The quantitative estimate of drug-likeness (QED) is 0.789. The van der Waals surface area contributed by atoms with Crippen molar-refractivity contribution in [2.45, 2.75) is 33.2 Å². The van der Waals surface area contributed by atoms with Crippen molar-refractivity contribution >= 4 is 22.8 Å². The van der Waals surface area contributed by atoms with E-state index in [-0.39, 0.29) is 18.2 Å². The van der Waals surface area contributed by atoms with Crippen molar-refractivity contribution in [2.75, 3.05) is 0 Å². The lowest BCUT2D eigenvalue weighted by Gasteiger charge is -2.17. The predicted molar refractivity (Wildman–Crippen MR) is 81.1 cm³/mol. The highest BCUT2D eigenvalue weighted by Gasteiger charge is 2.23. The van der Waals surface area contributed by atoms with Crippen LogP contribution < -0.4 is 5.32 Å². The fourth-order valence-electron chi connectivity index (χ4n) is 2.42. The highest BCUT2D eigenvalue weighted by atomic mass is 16.4. The lowest BCUT2D eigenvalue weighted by molar-refractivity contribution is -0.143. The van der Waals surface area contributed by atoms with Crippen LogP contribution in [-0.4, -0.2) is 28.0 Å². The summed E-state index contributed by atoms with van der Waals surface area (Å²) >= 11 is 0. The molecule has 0 fully saturated rings. The van der Waals surface area contributed by atoms with Crippen LogP contribution in [0.3, 0.4) is 0 Å². The minimum absolute atomic E-state index is 0.156. The maximum atomic E-state index is 12.1. The molecule has 0 bridgehead atoms. The SMILES string of the molecule is Cc1cccc2c(CC(=O)NC(C(=O)O)C(C)C)c[nH]c12. The summed E-state index contributed by atoms with van der Waals surface area (Å²) in [5, 5.41) is 12.7. The maximum absolute atomic E-state index is 12.1. The van der Waals surface area contributed by atoms with Crippen LogP contribution in [0.4, 0.5) is 0 Å². The molecule has 0 aliphatic rings. The number of aryl methyl sites for hydroxylation is 1. The molecular weight excluding hydrogens is 268 g/mol. The lowest BCUT2D eigenvalue weighted by Crippen LogP contribution is -2.44. The Morgan fingerprint density at radius 3 is 2.67 bits per heavy atom. The number of benzene rings is 1. The molecule has 0 spiro atoms. The Morgan fingerprint density at radius 1 is 1.33 bits per heavy atom. The molecule has 0 radical (unpaired) electrons. The van der Waals surface area contributed by atoms with E-state index in [9.17, 15) is 9.59 Å². The number of aromatic nitrogens is 1. The van der Waals surface area contributed by atoms with Crippen LogP contribution in [0.15, 0.2) is 24.4 Å². The minimum atomic E-state index is -1.01. The maximum Gasteiger partial charge on any atom is 0.326 e. The second-order valence-electron chi connectivity index (χ2n) is 5.62. The molecular formula is C16H20N2O3. The van der Waals surface area contributed by atoms with E-state index in [2.05, 4.69) is 10.3 Å². The average Bonchev–Trinajstić information content (AvgIpc) is 2.80. The Labute approximate surface area is 123 Å². The highest BCUT2D eigenvalue weighted by molar-refractivity contribution is 5.91. The van der Waals surface area contributed by atoms with Crippen molar-refractivity contribution in [1.29, 1.82) is 0 Å². The molecule has 5 heteroatoms. The van der Waals surface area contributed by atoms with Gasteiger partial charge in [-0.05, 0) is 24.0 Å². The topological polar surface area (TPSA) is 82.2 Å². The molecule has 2 rings (SSSR count). The molecule has 5 nitrogen and oxygen atoms in total. The number of nitrogens with one attached hydrogen (secondary N) is 2. The molecule has 1 heterocycles. The first-order valence-corrected chi connectivity index (χ1v) is 6.98. The third-order valence-electron chi connectivity index (χ3n) is 3.61. The van der Waals surface area contributed by atoms with Crippen molar-refractivity contribution in [3.63, 3.8) is 0 Å². The van der Waals surface area contributed by atoms with Gasteiger partial charge >= 0.3 is 5.97 Å². The van der Waals surface area contributed by atoms with Gasteiger partial charge in [0.25, 0.3) is 0 Å². The largest absolute Gasteiger partial charge is 0.480 e. The normalized spacial score (nSPS) is 12.6. The summed E-state index contributed by atoms with van der Waals surface area (Å²) in [6.07, 6.45) is 1.97. The average molecular weight is 288 g/mol. The van der Waals surface area contributed by atoms with Crippen molar-refractivity contribution < 1.29 is 14.7 Å². The number of hydrogen-bond acceptors (Lipinski definition) is 2. The molecule has 1 aromatic carbocycles. The zero-order valence-electron chi connectivity index (χ0n) is 12.4. The number of amides is 1. The third-order valence-corrected chi connectivity index (χ3v) is 3.61. The number of para-hydroxylation sites is 1. The van der Waals surface area contributed by atoms with E-state index in [1.165, 1.54) is 0 Å². The van der Waals surface area contributed by atoms with Gasteiger partial charge in [0.15, 0.2) is 0 Å². The molecule has 1 unspecified atom stereocenters. The molecule has 112 valence electrons. The summed E-state index contributed by atoms with van der Waals surface area (Å²) in [6, 6.07) is 5.05.